The van der Waals surface area contributed by atoms with Crippen LogP contribution in [0.4, 0.5) is 11.4 Å². The molecule has 1 aliphatic rings. The van der Waals surface area contributed by atoms with Gasteiger partial charge in [0.2, 0.25) is 0 Å². The molecule has 0 heterocycles. The number of aryl methyl sites for hydroxylation is 1. The maximum atomic E-state index is 10.7. The maximum Gasteiger partial charge on any atom is 0.269 e. The summed E-state index contributed by atoms with van der Waals surface area (Å²) in [6, 6.07) is 4.97. The molecule has 2 rings (SSSR count). The quantitative estimate of drug-likeness (QED) is 0.655. The molecular formula is C14H21N3O2. The number of nitrogens with one attached hydrogen (secondary N) is 1. The molecular weight excluding hydrogens is 242 g/mol. The van der Waals surface area contributed by atoms with Gasteiger partial charge in [0, 0.05) is 29.9 Å². The maximum absolute atomic E-state index is 10.7. The van der Waals surface area contributed by atoms with Gasteiger partial charge in [0.1, 0.15) is 0 Å². The fraction of sp³-hybridized carbons (Fsp3) is 0.571. The molecule has 0 bridgehead atoms. The Morgan fingerprint density at radius 3 is 2.53 bits per heavy atom. The van der Waals surface area contributed by atoms with Crippen LogP contribution in [0.3, 0.4) is 0 Å². The van der Waals surface area contributed by atoms with Crippen LogP contribution in [0.2, 0.25) is 0 Å². The summed E-state index contributed by atoms with van der Waals surface area (Å²) in [6.07, 6.45) is 3.69. The smallest absolute Gasteiger partial charge is 0.269 e. The van der Waals surface area contributed by atoms with Gasteiger partial charge in [0.05, 0.1) is 4.92 Å². The van der Waals surface area contributed by atoms with Crippen molar-refractivity contribution < 1.29 is 4.92 Å². The molecule has 1 aromatic carbocycles. The number of likely N-dealkylation sites (N-methyl/N-ethyl adjacent to an activating group) is 1. The van der Waals surface area contributed by atoms with E-state index in [0.29, 0.717) is 0 Å². The zero-order valence-electron chi connectivity index (χ0n) is 11.8. The van der Waals surface area contributed by atoms with Crippen LogP contribution >= 0.6 is 0 Å². The van der Waals surface area contributed by atoms with Gasteiger partial charge in [-0.1, -0.05) is 0 Å². The molecule has 0 saturated heterocycles. The lowest BCUT2D eigenvalue weighted by atomic mass is 9.75. The number of nitrogens with zero attached hydrogens (tertiary/aromatic N) is 2. The summed E-state index contributed by atoms with van der Waals surface area (Å²) in [6.45, 7) is 2.79. The van der Waals surface area contributed by atoms with Crippen molar-refractivity contribution in [2.75, 3.05) is 26.0 Å². The summed E-state index contributed by atoms with van der Waals surface area (Å²) in [5.41, 5.74) is 2.30. The number of nitro benzene ring substituents is 1. The van der Waals surface area contributed by atoms with E-state index in [-0.39, 0.29) is 16.1 Å². The van der Waals surface area contributed by atoms with Crippen molar-refractivity contribution in [2.24, 2.45) is 0 Å². The number of benzene rings is 1. The average molecular weight is 263 g/mol. The van der Waals surface area contributed by atoms with E-state index in [0.717, 1.165) is 17.8 Å². The molecule has 1 fully saturated rings. The summed E-state index contributed by atoms with van der Waals surface area (Å²) in [5.74, 6) is 0. The van der Waals surface area contributed by atoms with Crippen LogP contribution in [0.25, 0.3) is 0 Å². The fourth-order valence-corrected chi connectivity index (χ4v) is 2.59. The standard InChI is InChI=1S/C14H21N3O2/c1-11-9-12(17(18)19)5-6-13(11)15-10-14(16(2)3)7-4-8-14/h5-6,9,15H,4,7-8,10H2,1-3H3. The minimum atomic E-state index is -0.357. The van der Waals surface area contributed by atoms with Crippen molar-refractivity contribution in [3.63, 3.8) is 0 Å². The van der Waals surface area contributed by atoms with Crippen LogP contribution in [-0.4, -0.2) is 36.0 Å². The number of anilines is 1. The summed E-state index contributed by atoms with van der Waals surface area (Å²) < 4.78 is 0. The number of rotatable bonds is 5. The first-order valence-electron chi connectivity index (χ1n) is 6.61. The Bertz CT molecular complexity index is 482. The van der Waals surface area contributed by atoms with E-state index in [2.05, 4.69) is 24.3 Å². The topological polar surface area (TPSA) is 58.4 Å². The van der Waals surface area contributed by atoms with Gasteiger partial charge in [-0.3, -0.25) is 10.1 Å². The van der Waals surface area contributed by atoms with Gasteiger partial charge in [-0.2, -0.15) is 0 Å². The second kappa shape index (κ2) is 5.17. The molecule has 0 atom stereocenters. The van der Waals surface area contributed by atoms with Crippen LogP contribution < -0.4 is 5.32 Å². The van der Waals surface area contributed by atoms with Crippen LogP contribution in [0.5, 0.6) is 0 Å². The molecule has 0 unspecified atom stereocenters. The molecule has 1 aliphatic carbocycles. The number of hydrogen-bond acceptors (Lipinski definition) is 4. The SMILES string of the molecule is Cc1cc([N+](=O)[O-])ccc1NCC1(N(C)C)CCC1. The van der Waals surface area contributed by atoms with Gasteiger partial charge in [0.25, 0.3) is 5.69 Å². The Labute approximate surface area is 113 Å². The molecule has 0 aliphatic heterocycles. The third-order valence-electron chi connectivity index (χ3n) is 4.26. The van der Waals surface area contributed by atoms with Crippen LogP contribution in [-0.2, 0) is 0 Å². The summed E-state index contributed by atoms with van der Waals surface area (Å²) in [7, 11) is 4.23. The Morgan fingerprint density at radius 2 is 2.11 bits per heavy atom. The number of hydrogen-bond donors (Lipinski definition) is 1. The van der Waals surface area contributed by atoms with Gasteiger partial charge in [-0.15, -0.1) is 0 Å². The lowest BCUT2D eigenvalue weighted by molar-refractivity contribution is -0.384. The summed E-state index contributed by atoms with van der Waals surface area (Å²) in [4.78, 5) is 12.6. The first-order chi connectivity index (χ1) is 8.94. The van der Waals surface area contributed by atoms with Crippen molar-refractivity contribution in [2.45, 2.75) is 31.7 Å². The first kappa shape index (κ1) is 13.8. The van der Waals surface area contributed by atoms with Crippen molar-refractivity contribution >= 4 is 11.4 Å². The van der Waals surface area contributed by atoms with Crippen LogP contribution in [0, 0.1) is 17.0 Å². The predicted molar refractivity (Wildman–Crippen MR) is 76.6 cm³/mol. The minimum Gasteiger partial charge on any atom is -0.383 e. The van der Waals surface area contributed by atoms with Gasteiger partial charge in [-0.05, 0) is 51.9 Å². The monoisotopic (exact) mass is 263 g/mol. The zero-order valence-corrected chi connectivity index (χ0v) is 11.8. The highest BCUT2D eigenvalue weighted by molar-refractivity contribution is 5.55. The highest BCUT2D eigenvalue weighted by Crippen LogP contribution is 2.36. The molecule has 0 spiro atoms. The van der Waals surface area contributed by atoms with Gasteiger partial charge >= 0.3 is 0 Å². The van der Waals surface area contributed by atoms with E-state index in [1.54, 1.807) is 18.2 Å². The largest absolute Gasteiger partial charge is 0.383 e. The third-order valence-corrected chi connectivity index (χ3v) is 4.26. The molecule has 0 aromatic heterocycles. The molecule has 19 heavy (non-hydrogen) atoms. The van der Waals surface area contributed by atoms with E-state index >= 15 is 0 Å². The molecule has 0 radical (unpaired) electrons. The average Bonchev–Trinajstić information content (AvgIpc) is 2.28. The van der Waals surface area contributed by atoms with E-state index in [9.17, 15) is 10.1 Å². The highest BCUT2D eigenvalue weighted by Gasteiger charge is 2.38. The summed E-state index contributed by atoms with van der Waals surface area (Å²) >= 11 is 0. The number of non-ortho nitro benzene ring substituents is 1. The molecule has 104 valence electrons. The minimum absolute atomic E-state index is 0.147. The first-order valence-corrected chi connectivity index (χ1v) is 6.61. The van der Waals surface area contributed by atoms with Gasteiger partial charge in [-0.25, -0.2) is 0 Å². The van der Waals surface area contributed by atoms with Gasteiger partial charge in [0.15, 0.2) is 0 Å². The van der Waals surface area contributed by atoms with Crippen molar-refractivity contribution in [1.29, 1.82) is 0 Å². The van der Waals surface area contributed by atoms with Crippen LogP contribution in [0.15, 0.2) is 18.2 Å². The molecule has 1 saturated carbocycles. The second-order valence-corrected chi connectivity index (χ2v) is 5.58. The Morgan fingerprint density at radius 1 is 1.42 bits per heavy atom. The molecule has 1 aromatic rings. The summed E-state index contributed by atoms with van der Waals surface area (Å²) in [5, 5.41) is 14.1. The van der Waals surface area contributed by atoms with Gasteiger partial charge < -0.3 is 10.2 Å². The van der Waals surface area contributed by atoms with Crippen molar-refractivity contribution in [3.8, 4) is 0 Å². The van der Waals surface area contributed by atoms with E-state index in [1.807, 2.05) is 6.92 Å². The zero-order chi connectivity index (χ0) is 14.0. The Balaban J connectivity index is 2.06. The second-order valence-electron chi connectivity index (χ2n) is 5.58. The molecule has 5 heteroatoms. The van der Waals surface area contributed by atoms with E-state index in [1.165, 1.54) is 19.3 Å². The fourth-order valence-electron chi connectivity index (χ4n) is 2.59. The van der Waals surface area contributed by atoms with Crippen molar-refractivity contribution in [1.82, 2.24) is 4.90 Å². The normalized spacial score (nSPS) is 17.1. The lowest BCUT2D eigenvalue weighted by Gasteiger charge is -2.47. The molecule has 5 nitrogen and oxygen atoms in total. The predicted octanol–water partition coefficient (Wildman–Crippen LogP) is 2.80. The number of nitro groups is 1. The molecule has 1 N–H and O–H groups in total. The van der Waals surface area contributed by atoms with Crippen molar-refractivity contribution in [3.05, 3.63) is 33.9 Å². The van der Waals surface area contributed by atoms with E-state index < -0.39 is 0 Å². The highest BCUT2D eigenvalue weighted by atomic mass is 16.6. The van der Waals surface area contributed by atoms with E-state index in [4.69, 9.17) is 0 Å². The van der Waals surface area contributed by atoms with Crippen LogP contribution in [0.1, 0.15) is 24.8 Å². The Hall–Kier alpha value is -1.62. The molecule has 0 amide bonds. The third kappa shape index (κ3) is 2.71. The lowest BCUT2D eigenvalue weighted by Crippen LogP contribution is -2.54. The Kier molecular flexibility index (Phi) is 3.75.